The molecule has 7 heteroatoms. The van der Waals surface area contributed by atoms with Gasteiger partial charge in [-0.2, -0.15) is 0 Å². The van der Waals surface area contributed by atoms with Crippen LogP contribution in [0, 0.1) is 0 Å². The Balaban J connectivity index is 2.75. The third-order valence-corrected chi connectivity index (χ3v) is 2.62. The van der Waals surface area contributed by atoms with E-state index in [0.29, 0.717) is 11.4 Å². The molecule has 1 heterocycles. The van der Waals surface area contributed by atoms with Crippen molar-refractivity contribution in [3.8, 4) is 5.75 Å². The van der Waals surface area contributed by atoms with Gasteiger partial charge in [-0.1, -0.05) is 0 Å². The molecular formula is C15H22N2O5. The number of amides is 1. The van der Waals surface area contributed by atoms with E-state index in [1.54, 1.807) is 32.9 Å². The number of pyridine rings is 1. The summed E-state index contributed by atoms with van der Waals surface area (Å²) in [6.07, 6.45) is 1.05. The Morgan fingerprint density at radius 1 is 1.27 bits per heavy atom. The minimum absolute atomic E-state index is 0.190. The topological polar surface area (TPSA) is 86.8 Å². The van der Waals surface area contributed by atoms with Crippen LogP contribution < -0.4 is 10.1 Å². The van der Waals surface area contributed by atoms with E-state index in [-0.39, 0.29) is 6.42 Å². The maximum atomic E-state index is 11.8. The highest BCUT2D eigenvalue weighted by molar-refractivity contribution is 5.81. The molecule has 22 heavy (non-hydrogen) atoms. The summed E-state index contributed by atoms with van der Waals surface area (Å²) in [5.74, 6) is 0.0435. The van der Waals surface area contributed by atoms with Crippen LogP contribution in [0.4, 0.5) is 4.79 Å². The molecule has 1 amide bonds. The Labute approximate surface area is 130 Å². The van der Waals surface area contributed by atoms with Crippen molar-refractivity contribution in [1.29, 1.82) is 0 Å². The molecule has 122 valence electrons. The zero-order valence-corrected chi connectivity index (χ0v) is 13.5. The van der Waals surface area contributed by atoms with Gasteiger partial charge in [-0.05, 0) is 32.9 Å². The van der Waals surface area contributed by atoms with Gasteiger partial charge in [-0.25, -0.2) is 9.59 Å². The number of hydrogen-bond acceptors (Lipinski definition) is 6. The van der Waals surface area contributed by atoms with Crippen molar-refractivity contribution in [3.05, 3.63) is 24.0 Å². The number of rotatable bonds is 5. The van der Waals surface area contributed by atoms with Gasteiger partial charge in [-0.15, -0.1) is 0 Å². The second kappa shape index (κ2) is 7.63. The molecule has 0 aromatic carbocycles. The molecule has 0 saturated carbocycles. The number of esters is 1. The smallest absolute Gasteiger partial charge is 0.408 e. The predicted octanol–water partition coefficient (Wildman–Crippen LogP) is 1.70. The van der Waals surface area contributed by atoms with Crippen LogP contribution in [0.1, 0.15) is 26.5 Å². The minimum Gasteiger partial charge on any atom is -0.495 e. The third kappa shape index (κ3) is 5.99. The summed E-state index contributed by atoms with van der Waals surface area (Å²) >= 11 is 0. The van der Waals surface area contributed by atoms with E-state index >= 15 is 0 Å². The molecule has 0 aliphatic carbocycles. The number of nitrogens with zero attached hydrogens (tertiary/aromatic N) is 1. The largest absolute Gasteiger partial charge is 0.495 e. The van der Waals surface area contributed by atoms with Gasteiger partial charge in [0.1, 0.15) is 17.4 Å². The second-order valence-corrected chi connectivity index (χ2v) is 5.62. The van der Waals surface area contributed by atoms with E-state index in [2.05, 4.69) is 10.3 Å². The quantitative estimate of drug-likeness (QED) is 0.833. The van der Waals surface area contributed by atoms with Crippen molar-refractivity contribution < 1.29 is 23.8 Å². The lowest BCUT2D eigenvalue weighted by atomic mass is 10.1. The van der Waals surface area contributed by atoms with E-state index < -0.39 is 23.7 Å². The van der Waals surface area contributed by atoms with Crippen molar-refractivity contribution in [2.75, 3.05) is 14.2 Å². The zero-order chi connectivity index (χ0) is 16.8. The van der Waals surface area contributed by atoms with E-state index in [9.17, 15) is 9.59 Å². The number of methoxy groups -OCH3 is 2. The molecule has 0 fully saturated rings. The number of carbonyl (C=O) groups excluding carboxylic acids is 2. The molecule has 1 N–H and O–H groups in total. The number of ether oxygens (including phenoxy) is 3. The average molecular weight is 310 g/mol. The van der Waals surface area contributed by atoms with Crippen LogP contribution in [-0.4, -0.2) is 42.9 Å². The SMILES string of the molecule is COC(=O)C(Cc1ccc(OC)cn1)NC(=O)OC(C)(C)C. The van der Waals surface area contributed by atoms with Crippen LogP contribution in [0.2, 0.25) is 0 Å². The molecule has 0 saturated heterocycles. The van der Waals surface area contributed by atoms with Crippen molar-refractivity contribution in [2.45, 2.75) is 38.8 Å². The predicted molar refractivity (Wildman–Crippen MR) is 79.7 cm³/mol. The summed E-state index contributed by atoms with van der Waals surface area (Å²) in [5, 5.41) is 2.49. The molecule has 7 nitrogen and oxygen atoms in total. The molecule has 0 aliphatic heterocycles. The molecular weight excluding hydrogens is 288 g/mol. The number of nitrogens with one attached hydrogen (secondary N) is 1. The Kier molecular flexibility index (Phi) is 6.15. The summed E-state index contributed by atoms with van der Waals surface area (Å²) in [6, 6.07) is 2.57. The molecule has 0 spiro atoms. The van der Waals surface area contributed by atoms with Gasteiger partial charge < -0.3 is 19.5 Å². The molecule has 1 atom stereocenters. The maximum absolute atomic E-state index is 11.8. The molecule has 1 rings (SSSR count). The van der Waals surface area contributed by atoms with Gasteiger partial charge in [0.25, 0.3) is 0 Å². The summed E-state index contributed by atoms with van der Waals surface area (Å²) in [7, 11) is 2.80. The van der Waals surface area contributed by atoms with Crippen LogP contribution in [0.15, 0.2) is 18.3 Å². The first-order valence-corrected chi connectivity index (χ1v) is 6.81. The van der Waals surface area contributed by atoms with E-state index in [4.69, 9.17) is 14.2 Å². The first kappa shape index (κ1) is 17.7. The molecule has 0 aliphatic rings. The highest BCUT2D eigenvalue weighted by Gasteiger charge is 2.25. The van der Waals surface area contributed by atoms with Crippen LogP contribution in [0.5, 0.6) is 5.75 Å². The lowest BCUT2D eigenvalue weighted by Gasteiger charge is -2.22. The molecule has 0 radical (unpaired) electrons. The van der Waals surface area contributed by atoms with E-state index in [1.165, 1.54) is 20.4 Å². The summed E-state index contributed by atoms with van der Waals surface area (Å²) in [4.78, 5) is 27.8. The van der Waals surface area contributed by atoms with Crippen LogP contribution >= 0.6 is 0 Å². The lowest BCUT2D eigenvalue weighted by Crippen LogP contribution is -2.45. The first-order chi connectivity index (χ1) is 10.2. The number of aromatic nitrogens is 1. The van der Waals surface area contributed by atoms with Crippen molar-refractivity contribution >= 4 is 12.1 Å². The lowest BCUT2D eigenvalue weighted by molar-refractivity contribution is -0.143. The highest BCUT2D eigenvalue weighted by Crippen LogP contribution is 2.11. The van der Waals surface area contributed by atoms with Gasteiger partial charge >= 0.3 is 12.1 Å². The Bertz CT molecular complexity index is 508. The van der Waals surface area contributed by atoms with Crippen molar-refractivity contribution in [2.24, 2.45) is 0 Å². The van der Waals surface area contributed by atoms with E-state index in [0.717, 1.165) is 0 Å². The molecule has 0 bridgehead atoms. The zero-order valence-electron chi connectivity index (χ0n) is 13.5. The van der Waals surface area contributed by atoms with Crippen LogP contribution in [-0.2, 0) is 20.7 Å². The van der Waals surface area contributed by atoms with Crippen molar-refractivity contribution in [1.82, 2.24) is 10.3 Å². The maximum Gasteiger partial charge on any atom is 0.408 e. The summed E-state index contributed by atoms with van der Waals surface area (Å²) in [5.41, 5.74) is -0.0319. The minimum atomic E-state index is -0.874. The highest BCUT2D eigenvalue weighted by atomic mass is 16.6. The van der Waals surface area contributed by atoms with Crippen molar-refractivity contribution in [3.63, 3.8) is 0 Å². The fourth-order valence-electron chi connectivity index (χ4n) is 1.65. The monoisotopic (exact) mass is 310 g/mol. The van der Waals surface area contributed by atoms with Crippen LogP contribution in [0.3, 0.4) is 0 Å². The van der Waals surface area contributed by atoms with Crippen LogP contribution in [0.25, 0.3) is 0 Å². The Morgan fingerprint density at radius 3 is 2.41 bits per heavy atom. The average Bonchev–Trinajstić information content (AvgIpc) is 2.44. The fraction of sp³-hybridized carbons (Fsp3) is 0.533. The fourth-order valence-corrected chi connectivity index (χ4v) is 1.65. The molecule has 1 aromatic rings. The van der Waals surface area contributed by atoms with Gasteiger partial charge in [0.05, 0.1) is 20.4 Å². The van der Waals surface area contributed by atoms with Gasteiger partial charge in [0.2, 0.25) is 0 Å². The number of carbonyl (C=O) groups is 2. The summed E-state index contributed by atoms with van der Waals surface area (Å²) < 4.78 is 14.9. The standard InChI is InChI=1S/C15H22N2O5/c1-15(2,3)22-14(19)17-12(13(18)21-5)8-10-6-7-11(20-4)9-16-10/h6-7,9,12H,8H2,1-5H3,(H,17,19). The summed E-state index contributed by atoms with van der Waals surface area (Å²) in [6.45, 7) is 5.22. The third-order valence-electron chi connectivity index (χ3n) is 2.62. The second-order valence-electron chi connectivity index (χ2n) is 5.62. The molecule has 1 unspecified atom stereocenters. The number of hydrogen-bond donors (Lipinski definition) is 1. The molecule has 1 aromatic heterocycles. The number of alkyl carbamates (subject to hydrolysis) is 1. The van der Waals surface area contributed by atoms with Gasteiger partial charge in [0, 0.05) is 12.1 Å². The normalized spacial score (nSPS) is 12.2. The Morgan fingerprint density at radius 2 is 1.95 bits per heavy atom. The van der Waals surface area contributed by atoms with E-state index in [1.807, 2.05) is 0 Å². The first-order valence-electron chi connectivity index (χ1n) is 6.81. The van der Waals surface area contributed by atoms with Gasteiger partial charge in [0.15, 0.2) is 0 Å². The van der Waals surface area contributed by atoms with Gasteiger partial charge in [-0.3, -0.25) is 4.98 Å². The Hall–Kier alpha value is -2.31.